The van der Waals surface area contributed by atoms with Crippen LogP contribution < -0.4 is 20.1 Å². The van der Waals surface area contributed by atoms with Gasteiger partial charge in [-0.1, -0.05) is 50.6 Å². The van der Waals surface area contributed by atoms with E-state index in [0.29, 0.717) is 50.3 Å². The Morgan fingerprint density at radius 3 is 2.58 bits per heavy atom. The van der Waals surface area contributed by atoms with Gasteiger partial charge < -0.3 is 44.2 Å². The number of aliphatic hydroxyl groups excluding tert-OH is 1. The second-order valence-electron chi connectivity index (χ2n) is 14.3. The lowest BCUT2D eigenvalue weighted by Gasteiger charge is -2.35. The van der Waals surface area contributed by atoms with Crippen LogP contribution in [-0.2, 0) is 45.0 Å². The van der Waals surface area contributed by atoms with Crippen molar-refractivity contribution in [1.29, 1.82) is 0 Å². The molecule has 0 aliphatic carbocycles. The number of sulfonamides is 1. The van der Waals surface area contributed by atoms with Crippen molar-refractivity contribution in [1.82, 2.24) is 14.9 Å². The highest BCUT2D eigenvalue weighted by molar-refractivity contribution is 7.89. The van der Waals surface area contributed by atoms with Crippen LogP contribution in [0.5, 0.6) is 11.5 Å². The van der Waals surface area contributed by atoms with Crippen molar-refractivity contribution in [3.63, 3.8) is 0 Å². The van der Waals surface area contributed by atoms with Crippen LogP contribution in [0.1, 0.15) is 57.9 Å². The lowest BCUT2D eigenvalue weighted by Crippen LogP contribution is -2.52. The number of esters is 1. The molecule has 3 N–H and O–H groups in total. The average molecular weight is 762 g/mol. The molecule has 15 nitrogen and oxygen atoms in total. The molecule has 0 radical (unpaired) electrons. The number of carbonyl (C=O) groups excluding carboxylic acids is 3. The molecular weight excluding hydrogens is 710 g/mol. The molecule has 2 saturated heterocycles. The fraction of sp³-hybridized carbons (Fsp3) is 0.595. The van der Waals surface area contributed by atoms with Gasteiger partial charge in [0, 0.05) is 32.1 Å². The van der Waals surface area contributed by atoms with Crippen molar-refractivity contribution in [2.75, 3.05) is 46.8 Å². The zero-order chi connectivity index (χ0) is 38.0. The van der Waals surface area contributed by atoms with E-state index < -0.39 is 52.0 Å². The number of hydrogen-bond acceptors (Lipinski definition) is 12. The van der Waals surface area contributed by atoms with E-state index in [2.05, 4.69) is 15.4 Å². The quantitative estimate of drug-likeness (QED) is 0.140. The number of ether oxygens (including phenoxy) is 6. The Morgan fingerprint density at radius 1 is 1.04 bits per heavy atom. The van der Waals surface area contributed by atoms with Crippen LogP contribution in [0.2, 0.25) is 0 Å². The summed E-state index contributed by atoms with van der Waals surface area (Å²) in [5.41, 5.74) is 0.259. The first-order chi connectivity index (χ1) is 25.3. The maximum Gasteiger partial charge on any atom is 0.407 e. The molecule has 16 heteroatoms. The number of methoxy groups -OCH3 is 1. The molecule has 292 valence electrons. The Hall–Kier alpha value is -3.96. The van der Waals surface area contributed by atoms with Crippen LogP contribution in [0.4, 0.5) is 4.79 Å². The first-order valence-corrected chi connectivity index (χ1v) is 19.4. The predicted octanol–water partition coefficient (Wildman–Crippen LogP) is 3.13. The van der Waals surface area contributed by atoms with Gasteiger partial charge in [0.25, 0.3) is 0 Å². The smallest absolute Gasteiger partial charge is 0.407 e. The lowest BCUT2D eigenvalue weighted by atomic mass is 9.87. The van der Waals surface area contributed by atoms with Gasteiger partial charge >= 0.3 is 12.1 Å². The second-order valence-corrected chi connectivity index (χ2v) is 16.3. The number of carbonyl (C=O) groups is 3. The Bertz CT molecular complexity index is 1660. The third-order valence-electron chi connectivity index (χ3n) is 9.67. The molecule has 3 heterocycles. The minimum absolute atomic E-state index is 0.00357. The third-order valence-corrected chi connectivity index (χ3v) is 11.5. The maximum absolute atomic E-state index is 14.4. The van der Waals surface area contributed by atoms with Gasteiger partial charge in [-0.3, -0.25) is 9.59 Å². The van der Waals surface area contributed by atoms with E-state index in [1.54, 1.807) is 0 Å². The van der Waals surface area contributed by atoms with Crippen molar-refractivity contribution >= 4 is 28.0 Å². The molecule has 0 aromatic heterocycles. The van der Waals surface area contributed by atoms with Crippen molar-refractivity contribution < 1.29 is 56.3 Å². The summed E-state index contributed by atoms with van der Waals surface area (Å²) in [5.74, 6) is -0.0454. The number of unbranched alkanes of at least 4 members (excludes halogenated alkanes) is 1. The number of aliphatic hydroxyl groups is 1. The summed E-state index contributed by atoms with van der Waals surface area (Å²) in [6, 6.07) is 12.8. The van der Waals surface area contributed by atoms with Crippen molar-refractivity contribution in [3.8, 4) is 11.5 Å². The summed E-state index contributed by atoms with van der Waals surface area (Å²) in [4.78, 5) is 36.7. The van der Waals surface area contributed by atoms with Gasteiger partial charge in [0.15, 0.2) is 17.8 Å². The summed E-state index contributed by atoms with van der Waals surface area (Å²) in [6.07, 6.45) is -0.141. The van der Waals surface area contributed by atoms with Crippen LogP contribution in [-0.4, -0.2) is 107 Å². The summed E-state index contributed by atoms with van der Waals surface area (Å²) < 4.78 is 62.3. The zero-order valence-corrected chi connectivity index (χ0v) is 31.3. The fourth-order valence-electron chi connectivity index (χ4n) is 6.71. The fourth-order valence-corrected chi connectivity index (χ4v) is 8.37. The molecule has 0 bridgehead atoms. The van der Waals surface area contributed by atoms with Crippen LogP contribution in [0.3, 0.4) is 0 Å². The molecule has 2 aromatic rings. The average Bonchev–Trinajstić information content (AvgIpc) is 3.89. The number of alkyl carbamates (subject to hydrolysis) is 1. The first-order valence-electron chi connectivity index (χ1n) is 18.0. The summed E-state index contributed by atoms with van der Waals surface area (Å²) in [6.45, 7) is 4.69. The van der Waals surface area contributed by atoms with Gasteiger partial charge in [0.05, 0.1) is 49.7 Å². The Kier molecular flexibility index (Phi) is 14.0. The second kappa shape index (κ2) is 18.4. The molecule has 3 aliphatic rings. The Labute approximate surface area is 310 Å². The van der Waals surface area contributed by atoms with Crippen LogP contribution >= 0.6 is 0 Å². The minimum Gasteiger partial charge on any atom is -0.469 e. The molecule has 53 heavy (non-hydrogen) atoms. The summed E-state index contributed by atoms with van der Waals surface area (Å²) in [5, 5.41) is 17.4. The summed E-state index contributed by atoms with van der Waals surface area (Å²) in [7, 11) is -2.94. The Morgan fingerprint density at radius 2 is 1.81 bits per heavy atom. The number of nitrogens with one attached hydrogen (secondary N) is 2. The Balaban J connectivity index is 1.29. The van der Waals surface area contributed by atoms with Crippen LogP contribution in [0, 0.1) is 11.3 Å². The van der Waals surface area contributed by atoms with E-state index in [9.17, 15) is 27.9 Å². The van der Waals surface area contributed by atoms with E-state index in [1.807, 2.05) is 44.2 Å². The van der Waals surface area contributed by atoms with Crippen LogP contribution in [0.25, 0.3) is 0 Å². The monoisotopic (exact) mass is 761 g/mol. The SMILES string of the molecule is COC(=O)CCC(=O)NCCCCC(C)(C)CN(C[C@@H](O)[C@H](Cc1ccccc1)NC(=O)O[C@H]1CO[C@H]2OCC[C@H]21)S(=O)(=O)c1ccc2c(c1)OCO2. The maximum atomic E-state index is 14.4. The van der Waals surface area contributed by atoms with Crippen LogP contribution in [0.15, 0.2) is 53.4 Å². The van der Waals surface area contributed by atoms with E-state index in [4.69, 9.17) is 23.7 Å². The predicted molar refractivity (Wildman–Crippen MR) is 190 cm³/mol. The molecule has 0 saturated carbocycles. The van der Waals surface area contributed by atoms with Gasteiger partial charge in [-0.25, -0.2) is 13.2 Å². The van der Waals surface area contributed by atoms with E-state index in [-0.39, 0.29) is 62.5 Å². The highest BCUT2D eigenvalue weighted by atomic mass is 32.2. The third kappa shape index (κ3) is 11.3. The zero-order valence-electron chi connectivity index (χ0n) is 30.5. The number of benzene rings is 2. The summed E-state index contributed by atoms with van der Waals surface area (Å²) >= 11 is 0. The van der Waals surface area contributed by atoms with Gasteiger partial charge in [0.2, 0.25) is 22.7 Å². The van der Waals surface area contributed by atoms with Crippen molar-refractivity contribution in [2.45, 2.75) is 88.2 Å². The van der Waals surface area contributed by atoms with Crippen molar-refractivity contribution in [3.05, 3.63) is 54.1 Å². The van der Waals surface area contributed by atoms with Gasteiger partial charge in [-0.2, -0.15) is 4.31 Å². The highest BCUT2D eigenvalue weighted by Gasteiger charge is 2.44. The highest BCUT2D eigenvalue weighted by Crippen LogP contribution is 2.36. The van der Waals surface area contributed by atoms with Crippen molar-refractivity contribution in [2.24, 2.45) is 11.3 Å². The lowest BCUT2D eigenvalue weighted by molar-refractivity contribution is -0.142. The van der Waals surface area contributed by atoms with Gasteiger partial charge in [-0.15, -0.1) is 0 Å². The molecule has 2 fully saturated rings. The molecule has 0 spiro atoms. The number of fused-ring (bicyclic) bond motifs is 2. The van der Waals surface area contributed by atoms with E-state index in [1.165, 1.54) is 29.6 Å². The number of rotatable bonds is 19. The normalized spacial score (nSPS) is 20.4. The topological polar surface area (TPSA) is 188 Å². The molecule has 5 atom stereocenters. The van der Waals surface area contributed by atoms with E-state index >= 15 is 0 Å². The number of amides is 2. The van der Waals surface area contributed by atoms with E-state index in [0.717, 1.165) is 5.56 Å². The number of nitrogens with zero attached hydrogens (tertiary/aromatic N) is 1. The van der Waals surface area contributed by atoms with Gasteiger partial charge in [-0.05, 0) is 48.8 Å². The molecule has 3 aliphatic heterocycles. The molecule has 2 amide bonds. The molecule has 0 unspecified atom stereocenters. The minimum atomic E-state index is -4.21. The van der Waals surface area contributed by atoms with Gasteiger partial charge in [0.1, 0.15) is 6.10 Å². The molecular formula is C37H51N3O12S. The molecule has 5 rings (SSSR count). The number of hydrogen-bond donors (Lipinski definition) is 3. The standard InChI is InChI=1S/C37H51N3O12S/c1-37(2,16-7-8-17-38-33(42)13-14-34(43)47-3)23-40(53(45,46)26-11-12-30-31(20-26)51-24-50-30)21-29(41)28(19-25-9-5-4-6-10-25)39-36(44)52-32-22-49-35-27(32)15-18-48-35/h4-6,9-12,20,27-29,32,35,41H,7-8,13-19,21-24H2,1-3H3,(H,38,42)(H,39,44)/t27-,28-,29+,32-,35+/m0/s1. The first kappa shape index (κ1) is 40.2. The largest absolute Gasteiger partial charge is 0.469 e. The molecule has 2 aromatic carbocycles.